The Morgan fingerprint density at radius 1 is 1.42 bits per heavy atom. The zero-order chi connectivity index (χ0) is 9.35. The molecule has 0 saturated carbocycles. The third-order valence-corrected chi connectivity index (χ3v) is 3.66. The normalized spacial score (nSPS) is 29.0. The van der Waals surface area contributed by atoms with Crippen molar-refractivity contribution < 1.29 is 8.42 Å². The number of hydrogen-bond donors (Lipinski definition) is 0. The van der Waals surface area contributed by atoms with E-state index in [1.807, 2.05) is 14.9 Å². The average Bonchev–Trinajstić information content (AvgIpc) is 1.92. The number of hydrogen-bond acceptors (Lipinski definition) is 3. The summed E-state index contributed by atoms with van der Waals surface area (Å²) >= 11 is 0. The maximum atomic E-state index is 11.1. The molecular formula is C6H15BN2O2S. The summed E-state index contributed by atoms with van der Waals surface area (Å²) in [5.74, 6) is 0. The van der Waals surface area contributed by atoms with Crippen LogP contribution in [0.2, 0.25) is 0 Å². The Bertz CT molecular complexity index is 254. The SMILES string of the molecule is BN1CCN(S(C)(=O)=O)CC1C. The predicted octanol–water partition coefficient (Wildman–Crippen LogP) is -1.50. The Labute approximate surface area is 75.0 Å². The first-order valence-corrected chi connectivity index (χ1v) is 5.91. The lowest BCUT2D eigenvalue weighted by atomic mass is 10.1. The molecule has 1 aliphatic heterocycles. The van der Waals surface area contributed by atoms with Gasteiger partial charge in [-0.05, 0) is 6.92 Å². The first kappa shape index (κ1) is 10.0. The average molecular weight is 190 g/mol. The molecule has 1 unspecified atom stereocenters. The smallest absolute Gasteiger partial charge is 0.211 e. The standard InChI is InChI=1S/C6H15BN2O2S/c1-6-5-8(12(2,10)11)3-4-9(6)7/h6H,3-5,7H2,1-2H3. The molecule has 0 aliphatic carbocycles. The molecule has 0 aromatic heterocycles. The fraction of sp³-hybridized carbons (Fsp3) is 1.00. The Kier molecular flexibility index (Phi) is 2.80. The Morgan fingerprint density at radius 2 is 2.00 bits per heavy atom. The number of sulfonamides is 1. The van der Waals surface area contributed by atoms with E-state index in [1.54, 1.807) is 0 Å². The molecular weight excluding hydrogens is 175 g/mol. The van der Waals surface area contributed by atoms with Crippen LogP contribution in [0.3, 0.4) is 0 Å². The second-order valence-corrected chi connectivity index (χ2v) is 5.43. The highest BCUT2D eigenvalue weighted by Crippen LogP contribution is 2.09. The van der Waals surface area contributed by atoms with E-state index in [-0.39, 0.29) is 0 Å². The molecule has 0 aromatic rings. The maximum Gasteiger partial charge on any atom is 0.211 e. The molecule has 1 fully saturated rings. The van der Waals surface area contributed by atoms with Crippen molar-refractivity contribution in [1.29, 1.82) is 0 Å². The van der Waals surface area contributed by atoms with Crippen LogP contribution in [-0.4, -0.2) is 57.4 Å². The Morgan fingerprint density at radius 3 is 2.42 bits per heavy atom. The van der Waals surface area contributed by atoms with Crippen LogP contribution in [0.25, 0.3) is 0 Å². The second kappa shape index (κ2) is 3.36. The van der Waals surface area contributed by atoms with E-state index in [4.69, 9.17) is 0 Å². The van der Waals surface area contributed by atoms with Gasteiger partial charge in [0.2, 0.25) is 10.0 Å². The summed E-state index contributed by atoms with van der Waals surface area (Å²) in [6.45, 7) is 4.11. The number of piperazine rings is 1. The lowest BCUT2D eigenvalue weighted by Gasteiger charge is -2.36. The van der Waals surface area contributed by atoms with Crippen LogP contribution in [0.4, 0.5) is 0 Å². The van der Waals surface area contributed by atoms with E-state index >= 15 is 0 Å². The lowest BCUT2D eigenvalue weighted by Crippen LogP contribution is -2.52. The van der Waals surface area contributed by atoms with Crippen molar-refractivity contribution in [3.05, 3.63) is 0 Å². The Balaban J connectivity index is 2.64. The molecule has 6 heteroatoms. The fourth-order valence-electron chi connectivity index (χ4n) is 1.32. The minimum absolute atomic E-state index is 0.327. The summed E-state index contributed by atoms with van der Waals surface area (Å²) < 4.78 is 23.8. The van der Waals surface area contributed by atoms with Gasteiger partial charge in [-0.15, -0.1) is 0 Å². The highest BCUT2D eigenvalue weighted by molar-refractivity contribution is 7.88. The van der Waals surface area contributed by atoms with E-state index in [0.29, 0.717) is 19.1 Å². The van der Waals surface area contributed by atoms with Crippen LogP contribution in [0, 0.1) is 0 Å². The van der Waals surface area contributed by atoms with Crippen LogP contribution in [-0.2, 0) is 10.0 Å². The van der Waals surface area contributed by atoms with E-state index in [2.05, 4.69) is 4.81 Å². The molecule has 70 valence electrons. The van der Waals surface area contributed by atoms with Crippen molar-refractivity contribution in [2.24, 2.45) is 0 Å². The summed E-state index contributed by atoms with van der Waals surface area (Å²) in [5, 5.41) is 0. The highest BCUT2D eigenvalue weighted by atomic mass is 32.2. The van der Waals surface area contributed by atoms with E-state index in [9.17, 15) is 8.42 Å². The molecule has 1 aliphatic rings. The quantitative estimate of drug-likeness (QED) is 0.472. The predicted molar refractivity (Wildman–Crippen MR) is 51.1 cm³/mol. The van der Waals surface area contributed by atoms with Gasteiger partial charge in [0.05, 0.1) is 6.26 Å². The van der Waals surface area contributed by atoms with E-state index in [0.717, 1.165) is 6.54 Å². The summed E-state index contributed by atoms with van der Waals surface area (Å²) in [6.07, 6.45) is 1.27. The molecule has 0 N–H and O–H groups in total. The molecule has 4 nitrogen and oxygen atoms in total. The van der Waals surface area contributed by atoms with Crippen LogP contribution in [0.1, 0.15) is 6.92 Å². The maximum absolute atomic E-state index is 11.1. The first-order chi connectivity index (χ1) is 5.41. The minimum atomic E-state index is -2.98. The molecule has 1 atom stereocenters. The van der Waals surface area contributed by atoms with Crippen LogP contribution < -0.4 is 0 Å². The molecule has 0 bridgehead atoms. The summed E-state index contributed by atoms with van der Waals surface area (Å²) in [7, 11) is -0.957. The van der Waals surface area contributed by atoms with Crippen molar-refractivity contribution in [1.82, 2.24) is 9.12 Å². The van der Waals surface area contributed by atoms with Crippen molar-refractivity contribution in [2.75, 3.05) is 25.9 Å². The fourth-order valence-corrected chi connectivity index (χ4v) is 2.22. The van der Waals surface area contributed by atoms with Gasteiger partial charge in [0.25, 0.3) is 0 Å². The van der Waals surface area contributed by atoms with Gasteiger partial charge in [-0.25, -0.2) is 8.42 Å². The van der Waals surface area contributed by atoms with Crippen LogP contribution in [0.5, 0.6) is 0 Å². The molecule has 0 amide bonds. The van der Waals surface area contributed by atoms with E-state index in [1.165, 1.54) is 10.6 Å². The molecule has 12 heavy (non-hydrogen) atoms. The van der Waals surface area contributed by atoms with Crippen molar-refractivity contribution >= 4 is 18.0 Å². The Hall–Kier alpha value is -0.0651. The molecule has 1 heterocycles. The van der Waals surface area contributed by atoms with Crippen LogP contribution in [0.15, 0.2) is 0 Å². The molecule has 0 radical (unpaired) electrons. The van der Waals surface area contributed by atoms with Gasteiger partial charge in [-0.2, -0.15) is 4.31 Å². The summed E-state index contributed by atoms with van der Waals surface area (Å²) in [6, 6.07) is 0.327. The first-order valence-electron chi connectivity index (χ1n) is 4.06. The monoisotopic (exact) mass is 190 g/mol. The third-order valence-electron chi connectivity index (χ3n) is 2.39. The lowest BCUT2D eigenvalue weighted by molar-refractivity contribution is 0.219. The van der Waals surface area contributed by atoms with Gasteiger partial charge < -0.3 is 4.81 Å². The molecule has 1 saturated heterocycles. The topological polar surface area (TPSA) is 40.6 Å². The van der Waals surface area contributed by atoms with Gasteiger partial charge in [-0.1, -0.05) is 0 Å². The van der Waals surface area contributed by atoms with Gasteiger partial charge in [0.15, 0.2) is 7.98 Å². The second-order valence-electron chi connectivity index (χ2n) is 3.45. The summed E-state index contributed by atoms with van der Waals surface area (Å²) in [5.41, 5.74) is 0. The zero-order valence-electron chi connectivity index (χ0n) is 7.82. The zero-order valence-corrected chi connectivity index (χ0v) is 8.63. The molecule has 0 aromatic carbocycles. The highest BCUT2D eigenvalue weighted by Gasteiger charge is 2.25. The van der Waals surface area contributed by atoms with Gasteiger partial charge in [0, 0.05) is 25.7 Å². The minimum Gasteiger partial charge on any atom is -0.344 e. The van der Waals surface area contributed by atoms with Crippen molar-refractivity contribution in [3.8, 4) is 0 Å². The van der Waals surface area contributed by atoms with Gasteiger partial charge in [-0.3, -0.25) is 0 Å². The van der Waals surface area contributed by atoms with Crippen molar-refractivity contribution in [2.45, 2.75) is 13.0 Å². The third kappa shape index (κ3) is 2.21. The molecule has 1 rings (SSSR count). The molecule has 0 spiro atoms. The largest absolute Gasteiger partial charge is 0.344 e. The van der Waals surface area contributed by atoms with Gasteiger partial charge in [0.1, 0.15) is 0 Å². The van der Waals surface area contributed by atoms with Gasteiger partial charge >= 0.3 is 0 Å². The number of nitrogens with zero attached hydrogens (tertiary/aromatic N) is 2. The van der Waals surface area contributed by atoms with E-state index < -0.39 is 10.0 Å². The summed E-state index contributed by atoms with van der Waals surface area (Å²) in [4.78, 5) is 2.17. The van der Waals surface area contributed by atoms with Crippen LogP contribution >= 0.6 is 0 Å². The van der Waals surface area contributed by atoms with Crippen molar-refractivity contribution in [3.63, 3.8) is 0 Å². The number of rotatable bonds is 1.